The number of hydrogen-bond donors (Lipinski definition) is 1. The van der Waals surface area contributed by atoms with Gasteiger partial charge in [-0.25, -0.2) is 9.97 Å². The van der Waals surface area contributed by atoms with Crippen molar-refractivity contribution in [1.82, 2.24) is 9.97 Å². The Balaban J connectivity index is 1.76. The molecular formula is C15H16ClN3O. The average molecular weight is 290 g/mol. The SMILES string of the molecule is OC(CN(c1ncc(Cl)cn1)C1CC1)c1ccccc1. The number of nitrogens with zero attached hydrogens (tertiary/aromatic N) is 3. The quantitative estimate of drug-likeness (QED) is 0.919. The van der Waals surface area contributed by atoms with E-state index in [0.29, 0.717) is 23.6 Å². The zero-order valence-corrected chi connectivity index (χ0v) is 11.7. The van der Waals surface area contributed by atoms with E-state index in [1.54, 1.807) is 12.4 Å². The van der Waals surface area contributed by atoms with Crippen LogP contribution in [-0.2, 0) is 0 Å². The van der Waals surface area contributed by atoms with Crippen molar-refractivity contribution >= 4 is 17.5 Å². The Morgan fingerprint density at radius 2 is 1.85 bits per heavy atom. The molecule has 1 aromatic carbocycles. The van der Waals surface area contributed by atoms with E-state index in [2.05, 4.69) is 14.9 Å². The normalized spacial score (nSPS) is 15.9. The van der Waals surface area contributed by atoms with Crippen LogP contribution in [0.1, 0.15) is 24.5 Å². The maximum atomic E-state index is 10.4. The Bertz CT molecular complexity index is 557. The van der Waals surface area contributed by atoms with Crippen molar-refractivity contribution in [3.63, 3.8) is 0 Å². The van der Waals surface area contributed by atoms with Crippen molar-refractivity contribution in [2.75, 3.05) is 11.4 Å². The third kappa shape index (κ3) is 3.08. The molecule has 1 unspecified atom stereocenters. The molecular weight excluding hydrogens is 274 g/mol. The maximum Gasteiger partial charge on any atom is 0.225 e. The lowest BCUT2D eigenvalue weighted by Gasteiger charge is -2.25. The summed E-state index contributed by atoms with van der Waals surface area (Å²) in [7, 11) is 0. The van der Waals surface area contributed by atoms with Crippen molar-refractivity contribution in [1.29, 1.82) is 0 Å². The van der Waals surface area contributed by atoms with Gasteiger partial charge in [-0.05, 0) is 18.4 Å². The Morgan fingerprint density at radius 3 is 2.45 bits per heavy atom. The summed E-state index contributed by atoms with van der Waals surface area (Å²) in [6.07, 6.45) is 4.87. The van der Waals surface area contributed by atoms with Gasteiger partial charge >= 0.3 is 0 Å². The number of hydrogen-bond acceptors (Lipinski definition) is 4. The van der Waals surface area contributed by atoms with E-state index in [4.69, 9.17) is 11.6 Å². The monoisotopic (exact) mass is 289 g/mol. The van der Waals surface area contributed by atoms with Crippen LogP contribution in [0, 0.1) is 0 Å². The molecule has 0 amide bonds. The highest BCUT2D eigenvalue weighted by Crippen LogP contribution is 2.31. The first-order valence-corrected chi connectivity index (χ1v) is 7.09. The molecule has 3 rings (SSSR count). The van der Waals surface area contributed by atoms with Crippen molar-refractivity contribution in [3.8, 4) is 0 Å². The lowest BCUT2D eigenvalue weighted by atomic mass is 10.1. The molecule has 0 radical (unpaired) electrons. The summed E-state index contributed by atoms with van der Waals surface area (Å²) in [5.74, 6) is 0.631. The molecule has 20 heavy (non-hydrogen) atoms. The van der Waals surface area contributed by atoms with Crippen molar-refractivity contribution in [2.24, 2.45) is 0 Å². The summed E-state index contributed by atoms with van der Waals surface area (Å²) < 4.78 is 0. The predicted octanol–water partition coefficient (Wildman–Crippen LogP) is 2.83. The molecule has 1 atom stereocenters. The van der Waals surface area contributed by atoms with Crippen LogP contribution < -0.4 is 4.90 Å². The third-order valence-corrected chi connectivity index (χ3v) is 3.60. The van der Waals surface area contributed by atoms with Gasteiger partial charge in [-0.3, -0.25) is 0 Å². The van der Waals surface area contributed by atoms with Gasteiger partial charge in [-0.2, -0.15) is 0 Å². The van der Waals surface area contributed by atoms with Crippen LogP contribution in [0.15, 0.2) is 42.7 Å². The van der Waals surface area contributed by atoms with Gasteiger partial charge in [0.05, 0.1) is 30.1 Å². The molecule has 1 aromatic heterocycles. The molecule has 1 N–H and O–H groups in total. The Hall–Kier alpha value is -1.65. The van der Waals surface area contributed by atoms with E-state index in [9.17, 15) is 5.11 Å². The first-order valence-electron chi connectivity index (χ1n) is 6.71. The molecule has 0 aliphatic heterocycles. The van der Waals surface area contributed by atoms with E-state index >= 15 is 0 Å². The molecule has 2 aromatic rings. The first-order chi connectivity index (χ1) is 9.74. The third-order valence-electron chi connectivity index (χ3n) is 3.41. The lowest BCUT2D eigenvalue weighted by Crippen LogP contribution is -2.32. The summed E-state index contributed by atoms with van der Waals surface area (Å²) in [6.45, 7) is 0.496. The fourth-order valence-corrected chi connectivity index (χ4v) is 2.30. The number of halogens is 1. The van der Waals surface area contributed by atoms with Crippen LogP contribution in [-0.4, -0.2) is 27.7 Å². The van der Waals surface area contributed by atoms with Crippen LogP contribution in [0.25, 0.3) is 0 Å². The molecule has 0 saturated heterocycles. The molecule has 1 fully saturated rings. The van der Waals surface area contributed by atoms with E-state index < -0.39 is 6.10 Å². The highest BCUT2D eigenvalue weighted by atomic mass is 35.5. The standard InChI is InChI=1S/C15H16ClN3O/c16-12-8-17-15(18-9-12)19(13-6-7-13)10-14(20)11-4-2-1-3-5-11/h1-5,8-9,13-14,20H,6-7,10H2. The van der Waals surface area contributed by atoms with Crippen LogP contribution in [0.4, 0.5) is 5.95 Å². The van der Waals surface area contributed by atoms with Crippen LogP contribution in [0.3, 0.4) is 0 Å². The number of anilines is 1. The number of benzene rings is 1. The highest BCUT2D eigenvalue weighted by molar-refractivity contribution is 6.30. The van der Waals surface area contributed by atoms with Crippen LogP contribution >= 0.6 is 11.6 Å². The van der Waals surface area contributed by atoms with E-state index in [0.717, 1.165) is 18.4 Å². The molecule has 5 heteroatoms. The van der Waals surface area contributed by atoms with Gasteiger partial charge in [0, 0.05) is 6.04 Å². The zero-order chi connectivity index (χ0) is 13.9. The minimum Gasteiger partial charge on any atom is -0.387 e. The van der Waals surface area contributed by atoms with Gasteiger partial charge in [0.25, 0.3) is 0 Å². The van der Waals surface area contributed by atoms with E-state index in [1.165, 1.54) is 0 Å². The number of rotatable bonds is 5. The second kappa shape index (κ2) is 5.77. The molecule has 1 aliphatic rings. The van der Waals surface area contributed by atoms with Gasteiger partial charge in [0.2, 0.25) is 5.95 Å². The molecule has 1 saturated carbocycles. The van der Waals surface area contributed by atoms with Gasteiger partial charge in [0.1, 0.15) is 0 Å². The Morgan fingerprint density at radius 1 is 1.20 bits per heavy atom. The summed E-state index contributed by atoms with van der Waals surface area (Å²) >= 11 is 5.82. The van der Waals surface area contributed by atoms with Gasteiger partial charge in [-0.15, -0.1) is 0 Å². The fourth-order valence-electron chi connectivity index (χ4n) is 2.20. The molecule has 0 bridgehead atoms. The fraction of sp³-hybridized carbons (Fsp3) is 0.333. The number of aromatic nitrogens is 2. The van der Waals surface area contributed by atoms with E-state index in [-0.39, 0.29) is 0 Å². The molecule has 1 aliphatic carbocycles. The summed E-state index contributed by atoms with van der Waals surface area (Å²) in [5, 5.41) is 10.9. The van der Waals surface area contributed by atoms with Gasteiger partial charge < -0.3 is 10.0 Å². The lowest BCUT2D eigenvalue weighted by molar-refractivity contribution is 0.182. The highest BCUT2D eigenvalue weighted by Gasteiger charge is 2.32. The number of aliphatic hydroxyl groups is 1. The minimum atomic E-state index is -0.545. The summed E-state index contributed by atoms with van der Waals surface area (Å²) in [5.41, 5.74) is 0.909. The van der Waals surface area contributed by atoms with Crippen LogP contribution in [0.5, 0.6) is 0 Å². The van der Waals surface area contributed by atoms with E-state index in [1.807, 2.05) is 30.3 Å². The maximum absolute atomic E-state index is 10.4. The largest absolute Gasteiger partial charge is 0.387 e. The van der Waals surface area contributed by atoms with Crippen molar-refractivity contribution in [2.45, 2.75) is 25.0 Å². The Labute approximate surface area is 123 Å². The summed E-state index contributed by atoms with van der Waals surface area (Å²) in [6, 6.07) is 10.1. The molecule has 104 valence electrons. The first kappa shape index (κ1) is 13.3. The second-order valence-corrected chi connectivity index (χ2v) is 5.45. The topological polar surface area (TPSA) is 49.2 Å². The average Bonchev–Trinajstić information content (AvgIpc) is 3.31. The Kier molecular flexibility index (Phi) is 3.85. The minimum absolute atomic E-state index is 0.425. The van der Waals surface area contributed by atoms with Gasteiger partial charge in [0.15, 0.2) is 0 Å². The van der Waals surface area contributed by atoms with Crippen molar-refractivity contribution < 1.29 is 5.11 Å². The zero-order valence-electron chi connectivity index (χ0n) is 11.0. The van der Waals surface area contributed by atoms with Crippen molar-refractivity contribution in [3.05, 3.63) is 53.3 Å². The van der Waals surface area contributed by atoms with Crippen LogP contribution in [0.2, 0.25) is 5.02 Å². The molecule has 4 nitrogen and oxygen atoms in total. The molecule has 1 heterocycles. The number of aliphatic hydroxyl groups excluding tert-OH is 1. The molecule has 0 spiro atoms. The smallest absolute Gasteiger partial charge is 0.225 e. The second-order valence-electron chi connectivity index (χ2n) is 5.01. The van der Waals surface area contributed by atoms with Gasteiger partial charge in [-0.1, -0.05) is 41.9 Å². The predicted molar refractivity (Wildman–Crippen MR) is 78.8 cm³/mol. The summed E-state index contributed by atoms with van der Waals surface area (Å²) in [4.78, 5) is 10.6.